The van der Waals surface area contributed by atoms with Gasteiger partial charge in [-0.1, -0.05) is 30.3 Å². The van der Waals surface area contributed by atoms with Crippen molar-refractivity contribution in [1.29, 1.82) is 0 Å². The molecular weight excluding hydrogens is 258 g/mol. The number of H-pyrrole nitrogens is 1. The number of nitrogens with zero attached hydrogens (tertiary/aromatic N) is 1. The summed E-state index contributed by atoms with van der Waals surface area (Å²) in [7, 11) is 0. The van der Waals surface area contributed by atoms with Crippen LogP contribution in [0.4, 0.5) is 5.95 Å². The fraction of sp³-hybridized carbons (Fsp3) is 0.214. The molecule has 1 aromatic heterocycles. The zero-order valence-electron chi connectivity index (χ0n) is 11.0. The summed E-state index contributed by atoms with van der Waals surface area (Å²) < 4.78 is 0. The molecule has 2 rings (SSSR count). The summed E-state index contributed by atoms with van der Waals surface area (Å²) in [6.07, 6.45) is 0.299. The van der Waals surface area contributed by atoms with E-state index in [0.29, 0.717) is 12.1 Å². The zero-order valence-corrected chi connectivity index (χ0v) is 11.0. The van der Waals surface area contributed by atoms with E-state index in [-0.39, 0.29) is 11.5 Å². The molecule has 20 heavy (non-hydrogen) atoms. The van der Waals surface area contributed by atoms with E-state index in [1.165, 1.54) is 6.07 Å². The first-order chi connectivity index (χ1) is 9.54. The number of rotatable bonds is 5. The molecule has 0 radical (unpaired) electrons. The fourth-order valence-corrected chi connectivity index (χ4v) is 1.86. The summed E-state index contributed by atoms with van der Waals surface area (Å²) in [6.45, 7) is 1.67. The van der Waals surface area contributed by atoms with Gasteiger partial charge in [0.15, 0.2) is 0 Å². The summed E-state index contributed by atoms with van der Waals surface area (Å²) in [5, 5.41) is 12.0. The van der Waals surface area contributed by atoms with Crippen molar-refractivity contribution in [3.63, 3.8) is 0 Å². The Balaban J connectivity index is 2.17. The van der Waals surface area contributed by atoms with Crippen molar-refractivity contribution in [1.82, 2.24) is 9.97 Å². The van der Waals surface area contributed by atoms with E-state index in [4.69, 9.17) is 0 Å². The number of carbonyl (C=O) groups is 1. The minimum atomic E-state index is -1.00. The van der Waals surface area contributed by atoms with Crippen molar-refractivity contribution in [2.45, 2.75) is 19.4 Å². The number of carboxylic acid groups (broad SMARTS) is 1. The molecule has 0 aliphatic rings. The van der Waals surface area contributed by atoms with Crippen molar-refractivity contribution in [2.24, 2.45) is 0 Å². The Bertz CT molecular complexity index is 652. The van der Waals surface area contributed by atoms with Crippen LogP contribution in [0, 0.1) is 6.92 Å². The Kier molecular flexibility index (Phi) is 4.14. The van der Waals surface area contributed by atoms with Crippen LogP contribution in [0.5, 0.6) is 0 Å². The second-order valence-electron chi connectivity index (χ2n) is 4.46. The van der Waals surface area contributed by atoms with Crippen LogP contribution >= 0.6 is 0 Å². The highest BCUT2D eigenvalue weighted by Crippen LogP contribution is 2.07. The number of benzene rings is 1. The molecule has 6 heteroatoms. The average molecular weight is 273 g/mol. The van der Waals surface area contributed by atoms with Gasteiger partial charge in [-0.2, -0.15) is 0 Å². The molecule has 1 unspecified atom stereocenters. The summed E-state index contributed by atoms with van der Waals surface area (Å²) in [5.74, 6) is -0.837. The molecule has 104 valence electrons. The van der Waals surface area contributed by atoms with E-state index in [0.717, 1.165) is 5.56 Å². The molecular formula is C14H15N3O3. The smallest absolute Gasteiger partial charge is 0.326 e. The predicted octanol–water partition coefficient (Wildman–Crippen LogP) is 1.19. The number of aromatic amines is 1. The molecule has 0 fully saturated rings. The largest absolute Gasteiger partial charge is 0.480 e. The zero-order chi connectivity index (χ0) is 14.5. The molecule has 0 aliphatic carbocycles. The van der Waals surface area contributed by atoms with Gasteiger partial charge in [-0.15, -0.1) is 0 Å². The Morgan fingerprint density at radius 2 is 2.10 bits per heavy atom. The lowest BCUT2D eigenvalue weighted by molar-refractivity contribution is -0.137. The van der Waals surface area contributed by atoms with Crippen LogP contribution in [0.2, 0.25) is 0 Å². The van der Waals surface area contributed by atoms with E-state index in [2.05, 4.69) is 15.3 Å². The molecule has 6 nitrogen and oxygen atoms in total. The monoisotopic (exact) mass is 273 g/mol. The second kappa shape index (κ2) is 6.01. The predicted molar refractivity (Wildman–Crippen MR) is 74.8 cm³/mol. The minimum Gasteiger partial charge on any atom is -0.480 e. The first-order valence-electron chi connectivity index (χ1n) is 6.16. The maximum absolute atomic E-state index is 11.3. The third-order valence-corrected chi connectivity index (χ3v) is 2.76. The van der Waals surface area contributed by atoms with Crippen LogP contribution in [-0.4, -0.2) is 27.1 Å². The quantitative estimate of drug-likeness (QED) is 0.760. The average Bonchev–Trinajstić information content (AvgIpc) is 2.38. The van der Waals surface area contributed by atoms with Crippen LogP contribution in [0.15, 0.2) is 41.2 Å². The van der Waals surface area contributed by atoms with Gasteiger partial charge in [0.05, 0.1) is 0 Å². The highest BCUT2D eigenvalue weighted by molar-refractivity contribution is 5.77. The standard InChI is InChI=1S/C14H15N3O3/c1-9-7-12(18)17-14(15-9)16-11(13(19)20)8-10-5-3-2-4-6-10/h2-7,11H,8H2,1H3,(H,19,20)(H2,15,16,17,18). The SMILES string of the molecule is Cc1cc(=O)[nH]c(NC(Cc2ccccc2)C(=O)O)n1. The van der Waals surface area contributed by atoms with Crippen LogP contribution in [0.25, 0.3) is 0 Å². The van der Waals surface area contributed by atoms with Gasteiger partial charge in [0, 0.05) is 18.2 Å². The Morgan fingerprint density at radius 3 is 2.70 bits per heavy atom. The molecule has 0 spiro atoms. The Labute approximate surface area is 115 Å². The Hall–Kier alpha value is -2.63. The van der Waals surface area contributed by atoms with E-state index in [1.807, 2.05) is 30.3 Å². The number of aliphatic carboxylic acids is 1. The number of aromatic nitrogens is 2. The minimum absolute atomic E-state index is 0.165. The van der Waals surface area contributed by atoms with Gasteiger partial charge in [-0.05, 0) is 12.5 Å². The van der Waals surface area contributed by atoms with Crippen molar-refractivity contribution < 1.29 is 9.90 Å². The van der Waals surface area contributed by atoms with Gasteiger partial charge in [-0.25, -0.2) is 9.78 Å². The van der Waals surface area contributed by atoms with Gasteiger partial charge in [0.1, 0.15) is 6.04 Å². The first kappa shape index (κ1) is 13.8. The number of aryl methyl sites for hydroxylation is 1. The van der Waals surface area contributed by atoms with Crippen LogP contribution in [-0.2, 0) is 11.2 Å². The van der Waals surface area contributed by atoms with Crippen molar-refractivity contribution in [3.05, 3.63) is 58.0 Å². The third kappa shape index (κ3) is 3.68. The van der Waals surface area contributed by atoms with Gasteiger partial charge in [0.25, 0.3) is 5.56 Å². The van der Waals surface area contributed by atoms with Crippen LogP contribution in [0.3, 0.4) is 0 Å². The fourth-order valence-electron chi connectivity index (χ4n) is 1.86. The number of anilines is 1. The summed E-state index contributed by atoms with van der Waals surface area (Å²) >= 11 is 0. The molecule has 0 saturated heterocycles. The summed E-state index contributed by atoms with van der Waals surface area (Å²) in [5.41, 5.74) is 1.10. The molecule has 0 bridgehead atoms. The summed E-state index contributed by atoms with van der Waals surface area (Å²) in [6, 6.07) is 9.75. The molecule has 0 amide bonds. The van der Waals surface area contributed by atoms with Crippen molar-refractivity contribution in [2.75, 3.05) is 5.32 Å². The molecule has 0 saturated carbocycles. The number of nitrogens with one attached hydrogen (secondary N) is 2. The van der Waals surface area contributed by atoms with Gasteiger partial charge >= 0.3 is 5.97 Å². The van der Waals surface area contributed by atoms with Crippen LogP contribution in [0.1, 0.15) is 11.3 Å². The molecule has 1 heterocycles. The Morgan fingerprint density at radius 1 is 1.40 bits per heavy atom. The van der Waals surface area contributed by atoms with E-state index >= 15 is 0 Å². The van der Waals surface area contributed by atoms with Crippen molar-refractivity contribution >= 4 is 11.9 Å². The lowest BCUT2D eigenvalue weighted by atomic mass is 10.1. The number of hydrogen-bond donors (Lipinski definition) is 3. The number of carboxylic acids is 1. The molecule has 1 atom stereocenters. The normalized spacial score (nSPS) is 11.8. The molecule has 0 aliphatic heterocycles. The molecule has 1 aromatic carbocycles. The van der Waals surface area contributed by atoms with E-state index < -0.39 is 12.0 Å². The van der Waals surface area contributed by atoms with Gasteiger partial charge in [-0.3, -0.25) is 9.78 Å². The van der Waals surface area contributed by atoms with Gasteiger partial charge in [0.2, 0.25) is 5.95 Å². The molecule has 3 N–H and O–H groups in total. The van der Waals surface area contributed by atoms with Gasteiger partial charge < -0.3 is 10.4 Å². The maximum Gasteiger partial charge on any atom is 0.326 e. The second-order valence-corrected chi connectivity index (χ2v) is 4.46. The highest BCUT2D eigenvalue weighted by atomic mass is 16.4. The molecule has 2 aromatic rings. The first-order valence-corrected chi connectivity index (χ1v) is 6.16. The topological polar surface area (TPSA) is 95.1 Å². The lowest BCUT2D eigenvalue weighted by Gasteiger charge is -2.15. The van der Waals surface area contributed by atoms with Crippen LogP contribution < -0.4 is 10.9 Å². The third-order valence-electron chi connectivity index (χ3n) is 2.76. The van der Waals surface area contributed by atoms with Crippen molar-refractivity contribution in [3.8, 4) is 0 Å². The van der Waals surface area contributed by atoms with E-state index in [9.17, 15) is 14.7 Å². The van der Waals surface area contributed by atoms with E-state index in [1.54, 1.807) is 6.92 Å². The number of hydrogen-bond acceptors (Lipinski definition) is 4. The highest BCUT2D eigenvalue weighted by Gasteiger charge is 2.18. The summed E-state index contributed by atoms with van der Waals surface area (Å²) in [4.78, 5) is 29.2. The lowest BCUT2D eigenvalue weighted by Crippen LogP contribution is -2.33. The maximum atomic E-state index is 11.3.